The van der Waals surface area contributed by atoms with Crippen LogP contribution in [0.3, 0.4) is 0 Å². The maximum Gasteiger partial charge on any atom is -0.0355 e. The molecule has 14 heavy (non-hydrogen) atoms. The lowest BCUT2D eigenvalue weighted by Gasteiger charge is -2.49. The Labute approximate surface area is 91.5 Å². The molecule has 0 N–H and O–H groups in total. The Bertz CT molecular complexity index is 123. The molecule has 0 amide bonds. The molecule has 0 heterocycles. The summed E-state index contributed by atoms with van der Waals surface area (Å²) in [6, 6.07) is 0. The van der Waals surface area contributed by atoms with Gasteiger partial charge in [0.15, 0.2) is 0 Å². The van der Waals surface area contributed by atoms with Crippen molar-refractivity contribution in [1.29, 1.82) is 0 Å². The molecule has 0 nitrogen and oxygen atoms in total. The minimum Gasteiger partial charge on any atom is -0.0776 e. The van der Waals surface area contributed by atoms with E-state index < -0.39 is 0 Å². The Morgan fingerprint density at radius 3 is 1.43 bits per heavy atom. The van der Waals surface area contributed by atoms with E-state index in [-0.39, 0.29) is 7.43 Å². The van der Waals surface area contributed by atoms with Crippen LogP contribution in [0, 0.1) is 23.7 Å². The van der Waals surface area contributed by atoms with Gasteiger partial charge in [-0.25, -0.2) is 0 Å². The molecule has 2 saturated carbocycles. The second kappa shape index (κ2) is 6.48. The quantitative estimate of drug-likeness (QED) is 0.506. The summed E-state index contributed by atoms with van der Waals surface area (Å²) >= 11 is 0. The number of hydrogen-bond donors (Lipinski definition) is 0. The van der Waals surface area contributed by atoms with Crippen LogP contribution in [0.2, 0.25) is 0 Å². The first-order valence-electron chi connectivity index (χ1n) is 6.30. The molecule has 0 aliphatic heterocycles. The first kappa shape index (κ1) is 14.0. The largest absolute Gasteiger partial charge is 0.0776 e. The van der Waals surface area contributed by atoms with Crippen LogP contribution in [0.25, 0.3) is 0 Å². The van der Waals surface area contributed by atoms with Crippen LogP contribution >= 0.6 is 0 Å². The molecule has 0 radical (unpaired) electrons. The lowest BCUT2D eigenvalue weighted by Crippen LogP contribution is -2.42. The van der Waals surface area contributed by atoms with Gasteiger partial charge in [0.05, 0.1) is 0 Å². The molecular formula is C14H30. The van der Waals surface area contributed by atoms with Gasteiger partial charge in [-0.05, 0) is 36.5 Å². The maximum absolute atomic E-state index is 2.46. The summed E-state index contributed by atoms with van der Waals surface area (Å²) in [4.78, 5) is 0. The molecule has 0 aromatic rings. The van der Waals surface area contributed by atoms with Crippen molar-refractivity contribution in [2.24, 2.45) is 23.7 Å². The smallest absolute Gasteiger partial charge is 0.0355 e. The predicted octanol–water partition coefficient (Wildman–Crippen LogP) is 5.13. The van der Waals surface area contributed by atoms with Crippen molar-refractivity contribution in [3.05, 3.63) is 0 Å². The van der Waals surface area contributed by atoms with Gasteiger partial charge in [-0.15, -0.1) is 0 Å². The standard InChI is InChI=1S/C11H20.C2H6.CH4/c1-8-9(2)11-7-5-3-4-6-10(8)11;1-2;/h8-11H,3-7H2,1-2H3;1-2H3;1H4. The highest BCUT2D eigenvalue weighted by atomic mass is 14.5. The average molecular weight is 198 g/mol. The van der Waals surface area contributed by atoms with Gasteiger partial charge < -0.3 is 0 Å². The van der Waals surface area contributed by atoms with Gasteiger partial charge >= 0.3 is 0 Å². The third-order valence-corrected chi connectivity index (χ3v) is 4.30. The number of fused-ring (bicyclic) bond motifs is 1. The summed E-state index contributed by atoms with van der Waals surface area (Å²) in [6.45, 7) is 8.91. The Morgan fingerprint density at radius 1 is 0.714 bits per heavy atom. The van der Waals surface area contributed by atoms with Crippen molar-refractivity contribution >= 4 is 0 Å². The average Bonchev–Trinajstić information content (AvgIpc) is 2.42. The summed E-state index contributed by atoms with van der Waals surface area (Å²) in [5.41, 5.74) is 0. The van der Waals surface area contributed by atoms with E-state index in [1.807, 2.05) is 13.8 Å². The molecule has 0 saturated heterocycles. The fraction of sp³-hybridized carbons (Fsp3) is 1.00. The Kier molecular flexibility index (Phi) is 6.48. The SMILES string of the molecule is C.CC.CC1C(C)C2CCCCCC12. The molecule has 2 aliphatic carbocycles. The van der Waals surface area contributed by atoms with Crippen LogP contribution in [-0.2, 0) is 0 Å². The Hall–Kier alpha value is 0. The molecule has 86 valence electrons. The first-order valence-corrected chi connectivity index (χ1v) is 6.30. The molecule has 0 bridgehead atoms. The third kappa shape index (κ3) is 2.52. The highest BCUT2D eigenvalue weighted by molar-refractivity contribution is 4.93. The van der Waals surface area contributed by atoms with Crippen LogP contribution in [-0.4, -0.2) is 0 Å². The predicted molar refractivity (Wildman–Crippen MR) is 66.5 cm³/mol. The minimum absolute atomic E-state index is 0. The van der Waals surface area contributed by atoms with Gasteiger partial charge in [0.25, 0.3) is 0 Å². The molecule has 0 aromatic carbocycles. The Balaban J connectivity index is 0.000000531. The van der Waals surface area contributed by atoms with Crippen LogP contribution < -0.4 is 0 Å². The van der Waals surface area contributed by atoms with Gasteiger partial charge in [-0.1, -0.05) is 54.4 Å². The van der Waals surface area contributed by atoms with Crippen molar-refractivity contribution in [3.63, 3.8) is 0 Å². The summed E-state index contributed by atoms with van der Waals surface area (Å²) in [6.07, 6.45) is 7.61. The Morgan fingerprint density at radius 2 is 1.07 bits per heavy atom. The molecule has 0 aromatic heterocycles. The topological polar surface area (TPSA) is 0 Å². The summed E-state index contributed by atoms with van der Waals surface area (Å²) in [5.74, 6) is 4.32. The van der Waals surface area contributed by atoms with E-state index in [0.717, 1.165) is 23.7 Å². The molecule has 0 heteroatoms. The fourth-order valence-electron chi connectivity index (χ4n) is 3.30. The molecule has 4 atom stereocenters. The van der Waals surface area contributed by atoms with Gasteiger partial charge in [0.1, 0.15) is 0 Å². The van der Waals surface area contributed by atoms with Crippen LogP contribution in [0.1, 0.15) is 67.2 Å². The molecule has 2 rings (SSSR count). The van der Waals surface area contributed by atoms with E-state index >= 15 is 0 Å². The number of rotatable bonds is 0. The minimum atomic E-state index is 0. The molecule has 0 spiro atoms. The highest BCUT2D eigenvalue weighted by Crippen LogP contribution is 2.51. The lowest BCUT2D eigenvalue weighted by molar-refractivity contribution is -0.00282. The van der Waals surface area contributed by atoms with Crippen molar-refractivity contribution < 1.29 is 0 Å². The van der Waals surface area contributed by atoms with Crippen LogP contribution in [0.4, 0.5) is 0 Å². The zero-order valence-electron chi connectivity index (χ0n) is 9.84. The van der Waals surface area contributed by atoms with Crippen molar-refractivity contribution in [2.75, 3.05) is 0 Å². The molecule has 4 unspecified atom stereocenters. The highest BCUT2D eigenvalue weighted by Gasteiger charge is 2.44. The molecule has 2 aliphatic rings. The second-order valence-electron chi connectivity index (χ2n) is 4.68. The third-order valence-electron chi connectivity index (χ3n) is 4.30. The van der Waals surface area contributed by atoms with E-state index in [2.05, 4.69) is 13.8 Å². The van der Waals surface area contributed by atoms with E-state index in [4.69, 9.17) is 0 Å². The first-order chi connectivity index (χ1) is 6.30. The summed E-state index contributed by atoms with van der Waals surface area (Å²) in [5, 5.41) is 0. The van der Waals surface area contributed by atoms with E-state index in [1.165, 1.54) is 32.1 Å². The van der Waals surface area contributed by atoms with Crippen molar-refractivity contribution in [1.82, 2.24) is 0 Å². The van der Waals surface area contributed by atoms with Crippen LogP contribution in [0.15, 0.2) is 0 Å². The van der Waals surface area contributed by atoms with Gasteiger partial charge in [-0.3, -0.25) is 0 Å². The summed E-state index contributed by atoms with van der Waals surface area (Å²) in [7, 11) is 0. The number of hydrogen-bond acceptors (Lipinski definition) is 0. The van der Waals surface area contributed by atoms with Gasteiger partial charge in [-0.2, -0.15) is 0 Å². The molecular weight excluding hydrogens is 168 g/mol. The van der Waals surface area contributed by atoms with Crippen molar-refractivity contribution in [2.45, 2.75) is 67.2 Å². The van der Waals surface area contributed by atoms with Gasteiger partial charge in [0.2, 0.25) is 0 Å². The second-order valence-corrected chi connectivity index (χ2v) is 4.68. The monoisotopic (exact) mass is 198 g/mol. The normalized spacial score (nSPS) is 40.3. The fourth-order valence-corrected chi connectivity index (χ4v) is 3.30. The van der Waals surface area contributed by atoms with E-state index in [0.29, 0.717) is 0 Å². The zero-order valence-corrected chi connectivity index (χ0v) is 9.84. The van der Waals surface area contributed by atoms with Crippen LogP contribution in [0.5, 0.6) is 0 Å². The van der Waals surface area contributed by atoms with E-state index in [1.54, 1.807) is 0 Å². The maximum atomic E-state index is 2.46. The summed E-state index contributed by atoms with van der Waals surface area (Å²) < 4.78 is 0. The van der Waals surface area contributed by atoms with Gasteiger partial charge in [0, 0.05) is 0 Å². The zero-order chi connectivity index (χ0) is 9.84. The molecule has 2 fully saturated rings. The lowest BCUT2D eigenvalue weighted by atomic mass is 9.56. The van der Waals surface area contributed by atoms with Crippen molar-refractivity contribution in [3.8, 4) is 0 Å². The van der Waals surface area contributed by atoms with E-state index in [9.17, 15) is 0 Å².